The molecule has 0 aliphatic heterocycles. The lowest BCUT2D eigenvalue weighted by Crippen LogP contribution is -2.38. The molecule has 1 aromatic rings. The first-order valence-corrected chi connectivity index (χ1v) is 8.41. The number of methoxy groups -OCH3 is 1. The van der Waals surface area contributed by atoms with Crippen molar-refractivity contribution in [2.75, 3.05) is 13.7 Å². The van der Waals surface area contributed by atoms with Crippen molar-refractivity contribution in [3.8, 4) is 0 Å². The molecule has 0 aliphatic carbocycles. The first-order chi connectivity index (χ1) is 9.31. The Hall–Kier alpha value is -1.12. The van der Waals surface area contributed by atoms with Gasteiger partial charge in [0.15, 0.2) is 5.69 Å². The first-order valence-electron chi connectivity index (χ1n) is 6.10. The van der Waals surface area contributed by atoms with Crippen LogP contribution in [0, 0.1) is 6.92 Å². The number of nitrogens with zero attached hydrogens (tertiary/aromatic N) is 1. The van der Waals surface area contributed by atoms with Crippen LogP contribution < -0.4 is 5.32 Å². The number of carbonyl (C=O) groups is 1. The summed E-state index contributed by atoms with van der Waals surface area (Å²) >= 11 is 0. The van der Waals surface area contributed by atoms with Gasteiger partial charge in [0.05, 0.1) is 18.3 Å². The molecule has 1 amide bonds. The number of halogens is 1. The number of H-pyrrole nitrogens is 1. The highest BCUT2D eigenvalue weighted by atomic mass is 35.7. The Balaban J connectivity index is 2.98. The van der Waals surface area contributed by atoms with Crippen LogP contribution in [0.3, 0.4) is 0 Å². The van der Waals surface area contributed by atoms with Gasteiger partial charge in [-0.25, -0.2) is 8.42 Å². The van der Waals surface area contributed by atoms with Crippen molar-refractivity contribution in [3.05, 3.63) is 11.4 Å². The number of hydrogen-bond donors (Lipinski definition) is 2. The molecule has 0 aliphatic rings. The lowest BCUT2D eigenvalue weighted by molar-refractivity contribution is 0.0883. The Morgan fingerprint density at radius 3 is 2.70 bits per heavy atom. The minimum absolute atomic E-state index is 0.208. The molecule has 1 unspecified atom stereocenters. The lowest BCUT2D eigenvalue weighted by atomic mass is 10.2. The fourth-order valence-electron chi connectivity index (χ4n) is 1.87. The Labute approximate surface area is 122 Å². The molecule has 114 valence electrons. The van der Waals surface area contributed by atoms with Gasteiger partial charge in [0.2, 0.25) is 0 Å². The van der Waals surface area contributed by atoms with Crippen LogP contribution in [0.1, 0.15) is 35.9 Å². The van der Waals surface area contributed by atoms with E-state index < -0.39 is 15.0 Å². The maximum atomic E-state index is 12.1. The third-order valence-corrected chi connectivity index (χ3v) is 4.14. The zero-order chi connectivity index (χ0) is 15.3. The summed E-state index contributed by atoms with van der Waals surface area (Å²) in [6, 6.07) is -0.208. The largest absolute Gasteiger partial charge is 0.383 e. The molecule has 0 aromatic carbocycles. The minimum Gasteiger partial charge on any atom is -0.383 e. The van der Waals surface area contributed by atoms with Crippen LogP contribution >= 0.6 is 10.7 Å². The Morgan fingerprint density at radius 1 is 1.55 bits per heavy atom. The van der Waals surface area contributed by atoms with Crippen molar-refractivity contribution in [1.82, 2.24) is 15.5 Å². The third kappa shape index (κ3) is 4.19. The molecule has 0 radical (unpaired) electrons. The monoisotopic (exact) mass is 323 g/mol. The Morgan fingerprint density at radius 2 is 2.20 bits per heavy atom. The predicted molar refractivity (Wildman–Crippen MR) is 74.4 cm³/mol. The Kier molecular flexibility index (Phi) is 5.97. The average Bonchev–Trinajstić information content (AvgIpc) is 2.71. The van der Waals surface area contributed by atoms with Crippen LogP contribution in [-0.4, -0.2) is 44.3 Å². The second-order valence-corrected chi connectivity index (χ2v) is 6.88. The molecule has 1 heterocycles. The minimum atomic E-state index is -4.04. The second kappa shape index (κ2) is 7.05. The number of hydrogen-bond acceptors (Lipinski definition) is 5. The standard InChI is InChI=1S/C11H18ClN3O4S/c1-4-5-8(6-19-3)13-11(16)9-10(20(12,17)18)7(2)14-15-9/h8H,4-6H2,1-3H3,(H,13,16)(H,14,15). The molecule has 20 heavy (non-hydrogen) atoms. The molecule has 0 saturated heterocycles. The second-order valence-electron chi connectivity index (χ2n) is 4.38. The SMILES string of the molecule is CCCC(COC)NC(=O)c1n[nH]c(C)c1S(=O)(=O)Cl. The summed E-state index contributed by atoms with van der Waals surface area (Å²) in [4.78, 5) is 11.8. The van der Waals surface area contributed by atoms with E-state index in [1.54, 1.807) is 0 Å². The van der Waals surface area contributed by atoms with Crippen molar-refractivity contribution in [3.63, 3.8) is 0 Å². The quantitative estimate of drug-likeness (QED) is 0.734. The summed E-state index contributed by atoms with van der Waals surface area (Å²) in [7, 11) is 2.81. The first kappa shape index (κ1) is 16.9. The van der Waals surface area contributed by atoms with Crippen LogP contribution in [-0.2, 0) is 13.8 Å². The van der Waals surface area contributed by atoms with Gasteiger partial charge in [-0.15, -0.1) is 0 Å². The number of aromatic amines is 1. The fraction of sp³-hybridized carbons (Fsp3) is 0.636. The van der Waals surface area contributed by atoms with E-state index in [-0.39, 0.29) is 22.3 Å². The number of aryl methyl sites for hydroxylation is 1. The van der Waals surface area contributed by atoms with Crippen molar-refractivity contribution >= 4 is 25.6 Å². The zero-order valence-electron chi connectivity index (χ0n) is 11.6. The molecule has 2 N–H and O–H groups in total. The van der Waals surface area contributed by atoms with Gasteiger partial charge in [-0.05, 0) is 13.3 Å². The molecule has 9 heteroatoms. The lowest BCUT2D eigenvalue weighted by Gasteiger charge is -2.16. The molecule has 0 saturated carbocycles. The van der Waals surface area contributed by atoms with E-state index in [2.05, 4.69) is 15.5 Å². The van der Waals surface area contributed by atoms with Gasteiger partial charge in [-0.2, -0.15) is 5.10 Å². The van der Waals surface area contributed by atoms with Gasteiger partial charge in [0.1, 0.15) is 4.90 Å². The number of nitrogens with one attached hydrogen (secondary N) is 2. The van der Waals surface area contributed by atoms with Gasteiger partial charge in [0.25, 0.3) is 15.0 Å². The normalized spacial score (nSPS) is 13.2. The maximum Gasteiger partial charge on any atom is 0.273 e. The Bertz CT molecular complexity index is 564. The molecule has 7 nitrogen and oxygen atoms in total. The molecular weight excluding hydrogens is 306 g/mol. The van der Waals surface area contributed by atoms with Gasteiger partial charge in [-0.3, -0.25) is 9.89 Å². The number of aromatic nitrogens is 2. The van der Waals surface area contributed by atoms with Crippen LogP contribution in [0.25, 0.3) is 0 Å². The van der Waals surface area contributed by atoms with Crippen molar-refractivity contribution in [1.29, 1.82) is 0 Å². The van der Waals surface area contributed by atoms with E-state index in [0.29, 0.717) is 13.0 Å². The van der Waals surface area contributed by atoms with Crippen molar-refractivity contribution < 1.29 is 17.9 Å². The van der Waals surface area contributed by atoms with Crippen LogP contribution in [0.4, 0.5) is 0 Å². The molecule has 1 atom stereocenters. The summed E-state index contributed by atoms with van der Waals surface area (Å²) in [5.74, 6) is -0.593. The van der Waals surface area contributed by atoms with Crippen LogP contribution in [0.15, 0.2) is 4.90 Å². The van der Waals surface area contributed by atoms with E-state index in [9.17, 15) is 13.2 Å². The smallest absolute Gasteiger partial charge is 0.273 e. The highest BCUT2D eigenvalue weighted by Gasteiger charge is 2.27. The van der Waals surface area contributed by atoms with E-state index in [1.165, 1.54) is 14.0 Å². The average molecular weight is 324 g/mol. The van der Waals surface area contributed by atoms with Gasteiger partial charge < -0.3 is 10.1 Å². The van der Waals surface area contributed by atoms with E-state index in [0.717, 1.165) is 6.42 Å². The van der Waals surface area contributed by atoms with Gasteiger partial charge in [-0.1, -0.05) is 13.3 Å². The summed E-state index contributed by atoms with van der Waals surface area (Å²) < 4.78 is 28.0. The summed E-state index contributed by atoms with van der Waals surface area (Å²) in [5.41, 5.74) is -0.00126. The van der Waals surface area contributed by atoms with Crippen LogP contribution in [0.2, 0.25) is 0 Å². The number of rotatable bonds is 7. The molecule has 1 aromatic heterocycles. The topological polar surface area (TPSA) is 101 Å². The van der Waals surface area contributed by atoms with Crippen LogP contribution in [0.5, 0.6) is 0 Å². The van der Waals surface area contributed by atoms with Gasteiger partial charge >= 0.3 is 0 Å². The molecule has 0 bridgehead atoms. The van der Waals surface area contributed by atoms with E-state index >= 15 is 0 Å². The maximum absolute atomic E-state index is 12.1. The fourth-order valence-corrected chi connectivity index (χ4v) is 3.22. The highest BCUT2D eigenvalue weighted by Crippen LogP contribution is 2.21. The van der Waals surface area contributed by atoms with E-state index in [4.69, 9.17) is 15.4 Å². The number of carbonyl (C=O) groups excluding carboxylic acids is 1. The number of ether oxygens (including phenoxy) is 1. The van der Waals surface area contributed by atoms with Gasteiger partial charge in [0, 0.05) is 17.8 Å². The molecule has 1 rings (SSSR count). The van der Waals surface area contributed by atoms with Crippen molar-refractivity contribution in [2.24, 2.45) is 0 Å². The third-order valence-electron chi connectivity index (χ3n) is 2.69. The molecular formula is C11H18ClN3O4S. The summed E-state index contributed by atoms with van der Waals surface area (Å²) in [6.45, 7) is 3.80. The number of amides is 1. The zero-order valence-corrected chi connectivity index (χ0v) is 13.1. The predicted octanol–water partition coefficient (Wildman–Crippen LogP) is 1.19. The highest BCUT2D eigenvalue weighted by molar-refractivity contribution is 8.13. The van der Waals surface area contributed by atoms with Crippen molar-refractivity contribution in [2.45, 2.75) is 37.6 Å². The summed E-state index contributed by atoms with van der Waals surface area (Å²) in [6.07, 6.45) is 1.57. The molecule has 0 fully saturated rings. The summed E-state index contributed by atoms with van der Waals surface area (Å²) in [5, 5.41) is 8.86. The van der Waals surface area contributed by atoms with E-state index in [1.807, 2.05) is 6.92 Å². The molecule has 0 spiro atoms.